The van der Waals surface area contributed by atoms with Crippen molar-refractivity contribution in [1.82, 2.24) is 20.2 Å². The summed E-state index contributed by atoms with van der Waals surface area (Å²) in [4.78, 5) is 30.6. The summed E-state index contributed by atoms with van der Waals surface area (Å²) in [6.07, 6.45) is 2.76. The van der Waals surface area contributed by atoms with E-state index in [2.05, 4.69) is 15.6 Å². The number of aromatic nitrogens is 2. The number of nitrogens with zero attached hydrogens (tertiary/aromatic N) is 2. The second-order valence-electron chi connectivity index (χ2n) is 7.54. The summed E-state index contributed by atoms with van der Waals surface area (Å²) in [5.74, 6) is -0.0887. The number of rotatable bonds is 4. The normalized spacial score (nSPS) is 18.1. The van der Waals surface area contributed by atoms with E-state index in [4.69, 9.17) is 4.74 Å². The molecular formula is C20H26N4O3S. The summed E-state index contributed by atoms with van der Waals surface area (Å²) in [5.41, 5.74) is 2.31. The summed E-state index contributed by atoms with van der Waals surface area (Å²) in [7, 11) is 0. The fourth-order valence-corrected chi connectivity index (χ4v) is 5.48. The van der Waals surface area contributed by atoms with Crippen LogP contribution in [0.1, 0.15) is 44.3 Å². The number of amides is 1. The van der Waals surface area contributed by atoms with E-state index in [-0.39, 0.29) is 17.2 Å². The molecule has 0 atom stereocenters. The highest BCUT2D eigenvalue weighted by atomic mass is 32.1. The second-order valence-corrected chi connectivity index (χ2v) is 8.59. The van der Waals surface area contributed by atoms with Crippen molar-refractivity contribution in [2.45, 2.75) is 45.3 Å². The van der Waals surface area contributed by atoms with E-state index in [0.717, 1.165) is 42.9 Å². The Balaban J connectivity index is 1.44. The lowest BCUT2D eigenvalue weighted by molar-refractivity contribution is -0.0771. The van der Waals surface area contributed by atoms with E-state index in [0.29, 0.717) is 25.4 Å². The molecule has 1 spiro atoms. The number of nitrogens with one attached hydrogen (secondary N) is 2. The van der Waals surface area contributed by atoms with Crippen LogP contribution in [0.4, 0.5) is 0 Å². The Labute approximate surface area is 168 Å². The van der Waals surface area contributed by atoms with Gasteiger partial charge in [0.2, 0.25) is 0 Å². The summed E-state index contributed by atoms with van der Waals surface area (Å²) in [6.45, 7) is 7.08. The molecule has 2 aliphatic rings. The van der Waals surface area contributed by atoms with Gasteiger partial charge in [-0.2, -0.15) is 4.98 Å². The van der Waals surface area contributed by atoms with Gasteiger partial charge in [0.15, 0.2) is 0 Å². The van der Waals surface area contributed by atoms with Gasteiger partial charge in [-0.1, -0.05) is 0 Å². The lowest BCUT2D eigenvalue weighted by Crippen LogP contribution is -2.43. The first-order chi connectivity index (χ1) is 13.5. The van der Waals surface area contributed by atoms with Crippen LogP contribution in [0.2, 0.25) is 0 Å². The minimum atomic E-state index is -0.275. The van der Waals surface area contributed by atoms with Gasteiger partial charge in [-0.15, -0.1) is 11.3 Å². The second kappa shape index (κ2) is 7.77. The predicted molar refractivity (Wildman–Crippen MR) is 108 cm³/mol. The number of hydrogen-bond acceptors (Lipinski definition) is 6. The molecule has 0 radical (unpaired) electrons. The van der Waals surface area contributed by atoms with E-state index in [1.165, 1.54) is 10.4 Å². The standard InChI is InChI=1S/C20H26N4O3S/c1-13-11-14(2)24(19(26)23-13)9-8-22-18(25)16-12-15-3-10-27-20(17(15)28-16)4-6-21-7-5-20/h11-12,21H,3-10H2,1-2H3,(H,22,25). The van der Waals surface area contributed by atoms with Crippen molar-refractivity contribution in [2.75, 3.05) is 26.2 Å². The minimum Gasteiger partial charge on any atom is -0.369 e. The molecule has 2 N–H and O–H groups in total. The van der Waals surface area contributed by atoms with Gasteiger partial charge in [0.25, 0.3) is 5.91 Å². The molecule has 1 saturated heterocycles. The molecule has 28 heavy (non-hydrogen) atoms. The third-order valence-electron chi connectivity index (χ3n) is 5.57. The highest BCUT2D eigenvalue weighted by Gasteiger charge is 2.41. The van der Waals surface area contributed by atoms with Gasteiger partial charge in [-0.25, -0.2) is 4.79 Å². The zero-order valence-electron chi connectivity index (χ0n) is 16.3. The molecule has 0 saturated carbocycles. The molecule has 2 aromatic rings. The number of carbonyl (C=O) groups is 1. The maximum atomic E-state index is 12.7. The number of hydrogen-bond donors (Lipinski definition) is 2. The van der Waals surface area contributed by atoms with Gasteiger partial charge in [0.1, 0.15) is 5.60 Å². The molecule has 0 aromatic carbocycles. The number of carbonyl (C=O) groups excluding carboxylic acids is 1. The fraction of sp³-hybridized carbons (Fsp3) is 0.550. The highest BCUT2D eigenvalue weighted by Crippen LogP contribution is 2.44. The monoisotopic (exact) mass is 402 g/mol. The predicted octanol–water partition coefficient (Wildman–Crippen LogP) is 1.50. The first kappa shape index (κ1) is 19.3. The molecule has 1 fully saturated rings. The topological polar surface area (TPSA) is 85.3 Å². The SMILES string of the molecule is Cc1cc(C)n(CCNC(=O)c2cc3c(s2)C2(CCNCC2)OCC3)c(=O)n1. The van der Waals surface area contributed by atoms with E-state index in [9.17, 15) is 9.59 Å². The van der Waals surface area contributed by atoms with E-state index >= 15 is 0 Å². The zero-order chi connectivity index (χ0) is 19.7. The van der Waals surface area contributed by atoms with Gasteiger partial charge in [0, 0.05) is 29.4 Å². The third-order valence-corrected chi connectivity index (χ3v) is 6.94. The quantitative estimate of drug-likeness (QED) is 0.810. The number of piperidine rings is 1. The maximum absolute atomic E-state index is 12.7. The van der Waals surface area contributed by atoms with Crippen LogP contribution in [0.5, 0.6) is 0 Å². The van der Waals surface area contributed by atoms with Crippen molar-refractivity contribution in [3.8, 4) is 0 Å². The maximum Gasteiger partial charge on any atom is 0.348 e. The van der Waals surface area contributed by atoms with Crippen molar-refractivity contribution in [2.24, 2.45) is 0 Å². The summed E-state index contributed by atoms with van der Waals surface area (Å²) < 4.78 is 7.78. The Hall–Kier alpha value is -2.03. The molecule has 2 aromatic heterocycles. The molecule has 0 aliphatic carbocycles. The van der Waals surface area contributed by atoms with Crippen molar-refractivity contribution < 1.29 is 9.53 Å². The molecule has 8 heteroatoms. The molecule has 7 nitrogen and oxygen atoms in total. The van der Waals surface area contributed by atoms with E-state index in [1.54, 1.807) is 22.8 Å². The zero-order valence-corrected chi connectivity index (χ0v) is 17.2. The van der Waals surface area contributed by atoms with Crippen LogP contribution in [0.15, 0.2) is 16.9 Å². The van der Waals surface area contributed by atoms with Crippen molar-refractivity contribution in [3.63, 3.8) is 0 Å². The van der Waals surface area contributed by atoms with Gasteiger partial charge >= 0.3 is 5.69 Å². The highest BCUT2D eigenvalue weighted by molar-refractivity contribution is 7.14. The Kier molecular flexibility index (Phi) is 5.35. The Morgan fingerprint density at radius 2 is 2.14 bits per heavy atom. The van der Waals surface area contributed by atoms with Crippen LogP contribution in [-0.2, 0) is 23.3 Å². The van der Waals surface area contributed by atoms with Crippen molar-refractivity contribution >= 4 is 17.2 Å². The molecule has 4 heterocycles. The summed E-state index contributed by atoms with van der Waals surface area (Å²) >= 11 is 1.56. The van der Waals surface area contributed by atoms with Gasteiger partial charge in [-0.05, 0) is 63.9 Å². The molecule has 0 unspecified atom stereocenters. The molecular weight excluding hydrogens is 376 g/mol. The van der Waals surface area contributed by atoms with Crippen LogP contribution in [0.25, 0.3) is 0 Å². The number of fused-ring (bicyclic) bond motifs is 2. The molecule has 2 aliphatic heterocycles. The fourth-order valence-electron chi connectivity index (χ4n) is 4.15. The van der Waals surface area contributed by atoms with Crippen LogP contribution < -0.4 is 16.3 Å². The minimum absolute atomic E-state index is 0.0887. The van der Waals surface area contributed by atoms with Gasteiger partial charge in [-0.3, -0.25) is 9.36 Å². The smallest absolute Gasteiger partial charge is 0.348 e. The Bertz CT molecular complexity index is 943. The van der Waals surface area contributed by atoms with Crippen LogP contribution >= 0.6 is 11.3 Å². The average molecular weight is 403 g/mol. The van der Waals surface area contributed by atoms with Crippen LogP contribution in [0.3, 0.4) is 0 Å². The van der Waals surface area contributed by atoms with Crippen molar-refractivity contribution in [3.05, 3.63) is 49.3 Å². The lowest BCUT2D eigenvalue weighted by atomic mass is 9.86. The number of thiophene rings is 1. The third kappa shape index (κ3) is 3.64. The van der Waals surface area contributed by atoms with E-state index < -0.39 is 0 Å². The van der Waals surface area contributed by atoms with Gasteiger partial charge < -0.3 is 15.4 Å². The van der Waals surface area contributed by atoms with Crippen LogP contribution in [0, 0.1) is 13.8 Å². The van der Waals surface area contributed by atoms with Gasteiger partial charge in [0.05, 0.1) is 11.5 Å². The Morgan fingerprint density at radius 3 is 2.89 bits per heavy atom. The number of aryl methyl sites for hydroxylation is 2. The Morgan fingerprint density at radius 1 is 1.36 bits per heavy atom. The summed E-state index contributed by atoms with van der Waals surface area (Å²) in [5, 5.41) is 6.33. The van der Waals surface area contributed by atoms with Crippen molar-refractivity contribution in [1.29, 1.82) is 0 Å². The molecule has 4 rings (SSSR count). The largest absolute Gasteiger partial charge is 0.369 e. The average Bonchev–Trinajstić information content (AvgIpc) is 3.11. The molecule has 150 valence electrons. The molecule has 1 amide bonds. The first-order valence-electron chi connectivity index (χ1n) is 9.80. The lowest BCUT2D eigenvalue weighted by Gasteiger charge is -2.40. The molecule has 0 bridgehead atoms. The van der Waals surface area contributed by atoms with Crippen LogP contribution in [-0.4, -0.2) is 41.7 Å². The number of ether oxygens (including phenoxy) is 1. The summed E-state index contributed by atoms with van der Waals surface area (Å²) in [6, 6.07) is 3.89. The first-order valence-corrected chi connectivity index (χ1v) is 10.6. The van der Waals surface area contributed by atoms with E-state index in [1.807, 2.05) is 19.1 Å².